The third kappa shape index (κ3) is 2.98. The Balaban J connectivity index is 1.76. The van der Waals surface area contributed by atoms with Gasteiger partial charge in [-0.25, -0.2) is 0 Å². The van der Waals surface area contributed by atoms with Crippen LogP contribution in [0.1, 0.15) is 46.0 Å². The van der Waals surface area contributed by atoms with E-state index in [1.54, 1.807) is 0 Å². The third-order valence-electron chi connectivity index (χ3n) is 4.81. The predicted molar refractivity (Wildman–Crippen MR) is 69.6 cm³/mol. The minimum Gasteiger partial charge on any atom is -0.311 e. The second kappa shape index (κ2) is 5.50. The Morgan fingerprint density at radius 3 is 2.38 bits per heavy atom. The predicted octanol–water partition coefficient (Wildman–Crippen LogP) is 2.49. The van der Waals surface area contributed by atoms with Crippen molar-refractivity contribution in [2.75, 3.05) is 20.1 Å². The van der Waals surface area contributed by atoms with Gasteiger partial charge in [-0.15, -0.1) is 0 Å². The SMILES string of the molecule is CC1CCCC1NC(C)C1CCN(C)CC1. The van der Waals surface area contributed by atoms with E-state index in [0.29, 0.717) is 0 Å². The van der Waals surface area contributed by atoms with E-state index in [-0.39, 0.29) is 0 Å². The Morgan fingerprint density at radius 1 is 1.12 bits per heavy atom. The van der Waals surface area contributed by atoms with Crippen LogP contribution in [0.25, 0.3) is 0 Å². The van der Waals surface area contributed by atoms with Crippen LogP contribution in [0.4, 0.5) is 0 Å². The molecule has 3 unspecified atom stereocenters. The van der Waals surface area contributed by atoms with Gasteiger partial charge in [0.25, 0.3) is 0 Å². The van der Waals surface area contributed by atoms with Crippen LogP contribution in [0, 0.1) is 11.8 Å². The lowest BCUT2D eigenvalue weighted by atomic mass is 9.89. The molecule has 1 aliphatic heterocycles. The Bertz CT molecular complexity index is 209. The number of hydrogen-bond donors (Lipinski definition) is 1. The quantitative estimate of drug-likeness (QED) is 0.792. The Morgan fingerprint density at radius 2 is 1.81 bits per heavy atom. The van der Waals surface area contributed by atoms with Gasteiger partial charge in [-0.05, 0) is 64.6 Å². The minimum absolute atomic E-state index is 0.722. The summed E-state index contributed by atoms with van der Waals surface area (Å²) in [7, 11) is 2.24. The molecule has 2 rings (SSSR count). The van der Waals surface area contributed by atoms with Crippen molar-refractivity contribution in [1.82, 2.24) is 10.2 Å². The maximum absolute atomic E-state index is 3.89. The standard InChI is InChI=1S/C14H28N2/c1-11-5-4-6-14(11)15-12(2)13-7-9-16(3)10-8-13/h11-15H,4-10H2,1-3H3. The molecule has 0 bridgehead atoms. The number of nitrogens with zero attached hydrogens (tertiary/aromatic N) is 1. The highest BCUT2D eigenvalue weighted by molar-refractivity contribution is 4.86. The molecule has 2 nitrogen and oxygen atoms in total. The highest BCUT2D eigenvalue weighted by Crippen LogP contribution is 2.27. The summed E-state index contributed by atoms with van der Waals surface area (Å²) < 4.78 is 0. The summed E-state index contributed by atoms with van der Waals surface area (Å²) in [6.07, 6.45) is 7.02. The van der Waals surface area contributed by atoms with Gasteiger partial charge < -0.3 is 10.2 Å². The van der Waals surface area contributed by atoms with Gasteiger partial charge in [0.15, 0.2) is 0 Å². The smallest absolute Gasteiger partial charge is 0.00952 e. The van der Waals surface area contributed by atoms with Crippen molar-refractivity contribution in [2.24, 2.45) is 11.8 Å². The van der Waals surface area contributed by atoms with Crippen LogP contribution in [0.15, 0.2) is 0 Å². The number of nitrogens with one attached hydrogen (secondary N) is 1. The van der Waals surface area contributed by atoms with Gasteiger partial charge in [0, 0.05) is 12.1 Å². The van der Waals surface area contributed by atoms with Crippen molar-refractivity contribution in [2.45, 2.75) is 58.0 Å². The highest BCUT2D eigenvalue weighted by Gasteiger charge is 2.28. The molecule has 0 radical (unpaired) electrons. The maximum atomic E-state index is 3.89. The maximum Gasteiger partial charge on any atom is 0.00952 e. The fourth-order valence-electron chi connectivity index (χ4n) is 3.40. The van der Waals surface area contributed by atoms with Gasteiger partial charge in [-0.1, -0.05) is 13.3 Å². The largest absolute Gasteiger partial charge is 0.311 e. The van der Waals surface area contributed by atoms with Crippen molar-refractivity contribution >= 4 is 0 Å². The van der Waals surface area contributed by atoms with E-state index in [1.807, 2.05) is 0 Å². The van der Waals surface area contributed by atoms with Crippen LogP contribution in [0.5, 0.6) is 0 Å². The molecule has 1 heterocycles. The number of likely N-dealkylation sites (tertiary alicyclic amines) is 1. The van der Waals surface area contributed by atoms with Crippen LogP contribution in [-0.4, -0.2) is 37.1 Å². The lowest BCUT2D eigenvalue weighted by molar-refractivity contribution is 0.180. The minimum atomic E-state index is 0.722. The highest BCUT2D eigenvalue weighted by atomic mass is 15.1. The second-order valence-electron chi connectivity index (χ2n) is 6.11. The zero-order valence-electron chi connectivity index (χ0n) is 11.2. The zero-order chi connectivity index (χ0) is 11.5. The molecule has 0 aromatic carbocycles. The van der Waals surface area contributed by atoms with Crippen LogP contribution >= 0.6 is 0 Å². The zero-order valence-corrected chi connectivity index (χ0v) is 11.2. The summed E-state index contributed by atoms with van der Waals surface area (Å²) in [5, 5.41) is 3.89. The second-order valence-corrected chi connectivity index (χ2v) is 6.11. The van der Waals surface area contributed by atoms with E-state index in [2.05, 4.69) is 31.1 Å². The molecule has 1 saturated heterocycles. The molecule has 0 aromatic heterocycles. The van der Waals surface area contributed by atoms with Crippen molar-refractivity contribution in [3.05, 3.63) is 0 Å². The van der Waals surface area contributed by atoms with Gasteiger partial charge >= 0.3 is 0 Å². The van der Waals surface area contributed by atoms with E-state index in [9.17, 15) is 0 Å². The molecule has 2 fully saturated rings. The Kier molecular flexibility index (Phi) is 4.26. The normalized spacial score (nSPS) is 35.4. The van der Waals surface area contributed by atoms with Gasteiger partial charge in [0.05, 0.1) is 0 Å². The van der Waals surface area contributed by atoms with E-state index < -0.39 is 0 Å². The Labute approximate surface area is 101 Å². The number of piperidine rings is 1. The molecular weight excluding hydrogens is 196 g/mol. The molecule has 16 heavy (non-hydrogen) atoms. The summed E-state index contributed by atoms with van der Waals surface area (Å²) in [5.74, 6) is 1.80. The fourth-order valence-corrected chi connectivity index (χ4v) is 3.40. The average molecular weight is 224 g/mol. The van der Waals surface area contributed by atoms with Crippen LogP contribution in [-0.2, 0) is 0 Å². The molecule has 3 atom stereocenters. The van der Waals surface area contributed by atoms with E-state index in [1.165, 1.54) is 45.2 Å². The van der Waals surface area contributed by atoms with Crippen molar-refractivity contribution in [1.29, 1.82) is 0 Å². The lowest BCUT2D eigenvalue weighted by Crippen LogP contribution is -2.45. The molecule has 2 heteroatoms. The Hall–Kier alpha value is -0.0800. The van der Waals surface area contributed by atoms with Crippen molar-refractivity contribution in [3.8, 4) is 0 Å². The van der Waals surface area contributed by atoms with Gasteiger partial charge in [-0.3, -0.25) is 0 Å². The first-order chi connectivity index (χ1) is 7.66. The van der Waals surface area contributed by atoms with Crippen LogP contribution in [0.2, 0.25) is 0 Å². The molecular formula is C14H28N2. The average Bonchev–Trinajstić information content (AvgIpc) is 2.65. The van der Waals surface area contributed by atoms with Gasteiger partial charge in [0.2, 0.25) is 0 Å². The van der Waals surface area contributed by atoms with Gasteiger partial charge in [0.1, 0.15) is 0 Å². The van der Waals surface area contributed by atoms with Crippen molar-refractivity contribution < 1.29 is 0 Å². The lowest BCUT2D eigenvalue weighted by Gasteiger charge is -2.35. The number of hydrogen-bond acceptors (Lipinski definition) is 2. The molecule has 1 saturated carbocycles. The molecule has 94 valence electrons. The summed E-state index contributed by atoms with van der Waals surface area (Å²) in [4.78, 5) is 2.46. The topological polar surface area (TPSA) is 15.3 Å². The third-order valence-corrected chi connectivity index (χ3v) is 4.81. The summed E-state index contributed by atoms with van der Waals surface area (Å²) in [5.41, 5.74) is 0. The monoisotopic (exact) mass is 224 g/mol. The molecule has 1 aliphatic carbocycles. The van der Waals surface area contributed by atoms with E-state index in [4.69, 9.17) is 0 Å². The molecule has 0 aromatic rings. The van der Waals surface area contributed by atoms with E-state index >= 15 is 0 Å². The number of rotatable bonds is 3. The first-order valence-corrected chi connectivity index (χ1v) is 7.11. The molecule has 0 amide bonds. The van der Waals surface area contributed by atoms with E-state index in [0.717, 1.165) is 23.9 Å². The molecule has 0 spiro atoms. The first kappa shape index (κ1) is 12.4. The van der Waals surface area contributed by atoms with Crippen molar-refractivity contribution in [3.63, 3.8) is 0 Å². The summed E-state index contributed by atoms with van der Waals surface area (Å²) in [6, 6.07) is 1.52. The summed E-state index contributed by atoms with van der Waals surface area (Å²) in [6.45, 7) is 7.39. The molecule has 2 aliphatic rings. The summed E-state index contributed by atoms with van der Waals surface area (Å²) >= 11 is 0. The fraction of sp³-hybridized carbons (Fsp3) is 1.00. The molecule has 1 N–H and O–H groups in total. The van der Waals surface area contributed by atoms with Gasteiger partial charge in [-0.2, -0.15) is 0 Å². The van der Waals surface area contributed by atoms with Crippen LogP contribution in [0.3, 0.4) is 0 Å². The van der Waals surface area contributed by atoms with Crippen LogP contribution < -0.4 is 5.32 Å². The first-order valence-electron chi connectivity index (χ1n) is 7.11.